The second kappa shape index (κ2) is 6.55. The lowest BCUT2D eigenvalue weighted by atomic mass is 10.1. The first-order valence-electron chi connectivity index (χ1n) is 6.73. The molecule has 1 aromatic heterocycles. The lowest BCUT2D eigenvalue weighted by Gasteiger charge is -2.21. The smallest absolute Gasteiger partial charge is 0.266 e. The second-order valence-corrected chi connectivity index (χ2v) is 7.20. The Morgan fingerprint density at radius 3 is 2.50 bits per heavy atom. The molecular formula is C16H16ClN3OS. The zero-order chi connectivity index (χ0) is 16.3. The van der Waals surface area contributed by atoms with Crippen molar-refractivity contribution in [3.05, 3.63) is 57.0 Å². The highest BCUT2D eigenvalue weighted by atomic mass is 35.5. The van der Waals surface area contributed by atoms with Gasteiger partial charge in [0.15, 0.2) is 0 Å². The van der Waals surface area contributed by atoms with Gasteiger partial charge in [-0.05, 0) is 38.5 Å². The first kappa shape index (κ1) is 16.6. The number of aromatic nitrogens is 2. The van der Waals surface area contributed by atoms with Crippen LogP contribution < -0.4 is 5.56 Å². The Bertz CT molecular complexity index is 770. The summed E-state index contributed by atoms with van der Waals surface area (Å²) in [5.74, 6) is 0.659. The topological polar surface area (TPSA) is 58.7 Å². The van der Waals surface area contributed by atoms with E-state index in [4.69, 9.17) is 16.9 Å². The van der Waals surface area contributed by atoms with Gasteiger partial charge in [0.2, 0.25) is 0 Å². The molecule has 0 saturated heterocycles. The van der Waals surface area contributed by atoms with Gasteiger partial charge in [0, 0.05) is 5.75 Å². The van der Waals surface area contributed by atoms with Crippen molar-refractivity contribution in [2.75, 3.05) is 0 Å². The quantitative estimate of drug-likeness (QED) is 0.801. The minimum atomic E-state index is -0.406. The summed E-state index contributed by atoms with van der Waals surface area (Å²) in [4.78, 5) is 12.9. The van der Waals surface area contributed by atoms with Crippen LogP contribution in [0.25, 0.3) is 0 Å². The van der Waals surface area contributed by atoms with E-state index in [1.165, 1.54) is 16.4 Å². The Hall–Kier alpha value is -1.77. The third-order valence-electron chi connectivity index (χ3n) is 3.00. The Balaban J connectivity index is 2.19. The molecule has 0 aliphatic heterocycles. The molecule has 2 aromatic rings. The molecule has 0 amide bonds. The molecule has 0 N–H and O–H groups in total. The van der Waals surface area contributed by atoms with Gasteiger partial charge >= 0.3 is 0 Å². The second-order valence-electron chi connectivity index (χ2n) is 5.81. The normalized spacial score (nSPS) is 11.2. The molecule has 0 unspecified atom stereocenters. The number of hydrogen-bond donors (Lipinski definition) is 0. The Morgan fingerprint density at radius 2 is 1.95 bits per heavy atom. The highest BCUT2D eigenvalue weighted by Gasteiger charge is 2.19. The molecule has 22 heavy (non-hydrogen) atoms. The third kappa shape index (κ3) is 3.70. The predicted octanol–water partition coefficient (Wildman–Crippen LogP) is 3.82. The van der Waals surface area contributed by atoms with Gasteiger partial charge in [-0.15, -0.1) is 11.8 Å². The fourth-order valence-corrected chi connectivity index (χ4v) is 2.98. The minimum absolute atomic E-state index is 0.198. The molecular weight excluding hydrogens is 318 g/mol. The van der Waals surface area contributed by atoms with Crippen LogP contribution >= 0.6 is 23.4 Å². The Kier molecular flexibility index (Phi) is 4.94. The highest BCUT2D eigenvalue weighted by Crippen LogP contribution is 2.27. The number of rotatable bonds is 3. The summed E-state index contributed by atoms with van der Waals surface area (Å²) in [6.45, 7) is 5.71. The molecule has 0 spiro atoms. The zero-order valence-electron chi connectivity index (χ0n) is 12.6. The predicted molar refractivity (Wildman–Crippen MR) is 89.2 cm³/mol. The fourth-order valence-electron chi connectivity index (χ4n) is 1.83. The number of hydrogen-bond acceptors (Lipinski definition) is 4. The standard InChI is InChI=1S/C16H16ClN3OS/c1-16(2,3)20-15(21)14(17)13(9-19-20)22-10-12-6-4-11(8-18)5-7-12/h4-7,9H,10H2,1-3H3. The molecule has 0 saturated carbocycles. The number of nitrogens with zero attached hydrogens (tertiary/aromatic N) is 3. The largest absolute Gasteiger partial charge is 0.287 e. The molecule has 0 radical (unpaired) electrons. The van der Waals surface area contributed by atoms with Gasteiger partial charge in [0.05, 0.1) is 28.3 Å². The van der Waals surface area contributed by atoms with E-state index < -0.39 is 5.54 Å². The molecule has 0 atom stereocenters. The average molecular weight is 334 g/mol. The van der Waals surface area contributed by atoms with Crippen LogP contribution in [0, 0.1) is 11.3 Å². The van der Waals surface area contributed by atoms with Crippen molar-refractivity contribution >= 4 is 23.4 Å². The maximum Gasteiger partial charge on any atom is 0.287 e. The van der Waals surface area contributed by atoms with Gasteiger partial charge in [-0.3, -0.25) is 4.79 Å². The first-order valence-corrected chi connectivity index (χ1v) is 8.09. The number of thioether (sulfide) groups is 1. The van der Waals surface area contributed by atoms with Crippen LogP contribution in [0.4, 0.5) is 0 Å². The highest BCUT2D eigenvalue weighted by molar-refractivity contribution is 7.98. The van der Waals surface area contributed by atoms with Crippen LogP contribution in [0.5, 0.6) is 0 Å². The molecule has 1 heterocycles. The summed E-state index contributed by atoms with van der Waals surface area (Å²) in [7, 11) is 0. The monoisotopic (exact) mass is 333 g/mol. The van der Waals surface area contributed by atoms with E-state index in [9.17, 15) is 4.79 Å². The van der Waals surface area contributed by atoms with E-state index in [1.54, 1.807) is 18.3 Å². The van der Waals surface area contributed by atoms with E-state index in [0.717, 1.165) is 5.56 Å². The summed E-state index contributed by atoms with van der Waals surface area (Å²) < 4.78 is 1.39. The van der Waals surface area contributed by atoms with Crippen LogP contribution in [-0.4, -0.2) is 9.78 Å². The SMILES string of the molecule is CC(C)(C)n1ncc(SCc2ccc(C#N)cc2)c(Cl)c1=O. The maximum atomic E-state index is 12.3. The van der Waals surface area contributed by atoms with Crippen molar-refractivity contribution in [1.29, 1.82) is 5.26 Å². The van der Waals surface area contributed by atoms with E-state index in [1.807, 2.05) is 32.9 Å². The fraction of sp³-hybridized carbons (Fsp3) is 0.312. The van der Waals surface area contributed by atoms with Crippen molar-refractivity contribution in [3.8, 4) is 6.07 Å². The first-order chi connectivity index (χ1) is 10.3. The Morgan fingerprint density at radius 1 is 1.32 bits per heavy atom. The molecule has 0 aliphatic rings. The van der Waals surface area contributed by atoms with E-state index in [2.05, 4.69) is 11.2 Å². The lowest BCUT2D eigenvalue weighted by Crippen LogP contribution is -2.36. The summed E-state index contributed by atoms with van der Waals surface area (Å²) in [6, 6.07) is 9.41. The van der Waals surface area contributed by atoms with E-state index >= 15 is 0 Å². The number of nitriles is 1. The van der Waals surface area contributed by atoms with Gasteiger partial charge < -0.3 is 0 Å². The van der Waals surface area contributed by atoms with Crippen molar-refractivity contribution in [1.82, 2.24) is 9.78 Å². The molecule has 0 bridgehead atoms. The molecule has 2 rings (SSSR count). The van der Waals surface area contributed by atoms with E-state index in [-0.39, 0.29) is 10.6 Å². The molecule has 0 fully saturated rings. The molecule has 0 aliphatic carbocycles. The summed E-state index contributed by atoms with van der Waals surface area (Å²) in [5, 5.41) is 13.2. The van der Waals surface area contributed by atoms with Crippen LogP contribution in [0.3, 0.4) is 0 Å². The van der Waals surface area contributed by atoms with Crippen molar-refractivity contribution < 1.29 is 0 Å². The average Bonchev–Trinajstić information content (AvgIpc) is 2.48. The summed E-state index contributed by atoms with van der Waals surface area (Å²) >= 11 is 7.64. The van der Waals surface area contributed by atoms with Crippen molar-refractivity contribution in [3.63, 3.8) is 0 Å². The van der Waals surface area contributed by atoms with Crippen molar-refractivity contribution in [2.24, 2.45) is 0 Å². The summed E-state index contributed by atoms with van der Waals surface area (Å²) in [6.07, 6.45) is 1.63. The third-order valence-corrected chi connectivity index (χ3v) is 4.58. The van der Waals surface area contributed by atoms with Crippen LogP contribution in [0.1, 0.15) is 31.9 Å². The number of halogens is 1. The minimum Gasteiger partial charge on any atom is -0.266 e. The van der Waals surface area contributed by atoms with Crippen LogP contribution in [-0.2, 0) is 11.3 Å². The zero-order valence-corrected chi connectivity index (χ0v) is 14.2. The molecule has 1 aromatic carbocycles. The van der Waals surface area contributed by atoms with Gasteiger partial charge in [0.1, 0.15) is 5.02 Å². The van der Waals surface area contributed by atoms with Gasteiger partial charge in [-0.2, -0.15) is 10.4 Å². The van der Waals surface area contributed by atoms with Gasteiger partial charge in [-0.1, -0.05) is 23.7 Å². The molecule has 4 nitrogen and oxygen atoms in total. The van der Waals surface area contributed by atoms with Crippen LogP contribution in [0.15, 0.2) is 40.2 Å². The maximum absolute atomic E-state index is 12.3. The lowest BCUT2D eigenvalue weighted by molar-refractivity contribution is 0.336. The number of benzene rings is 1. The molecule has 114 valence electrons. The molecule has 6 heteroatoms. The Labute approximate surface area is 138 Å². The summed E-state index contributed by atoms with van der Waals surface area (Å²) in [5.41, 5.74) is 0.997. The van der Waals surface area contributed by atoms with Gasteiger partial charge in [-0.25, -0.2) is 4.68 Å². The van der Waals surface area contributed by atoms with Crippen molar-refractivity contribution in [2.45, 2.75) is 37.0 Å². The van der Waals surface area contributed by atoms with Crippen LogP contribution in [0.2, 0.25) is 5.02 Å². The van der Waals surface area contributed by atoms with E-state index in [0.29, 0.717) is 16.2 Å². The van der Waals surface area contributed by atoms with Gasteiger partial charge in [0.25, 0.3) is 5.56 Å².